The SMILES string of the molecule is CCCOc1cccc(NC2=C(c3ccc(C)cc3)C(=O)N(c3cccc(C)c3C)C2=O)c1. The van der Waals surface area contributed by atoms with Crippen LogP contribution < -0.4 is 15.0 Å². The van der Waals surface area contributed by atoms with Gasteiger partial charge in [0.1, 0.15) is 11.4 Å². The number of carbonyl (C=O) groups excluding carboxylic acids is 2. The number of aryl methyl sites for hydroxylation is 2. The molecule has 33 heavy (non-hydrogen) atoms. The molecule has 0 saturated heterocycles. The number of anilines is 2. The molecular formula is C28H28N2O3. The summed E-state index contributed by atoms with van der Waals surface area (Å²) in [5.74, 6) is 0.00471. The molecule has 5 nitrogen and oxygen atoms in total. The van der Waals surface area contributed by atoms with Gasteiger partial charge in [-0.1, -0.05) is 55.0 Å². The predicted octanol–water partition coefficient (Wildman–Crippen LogP) is 5.80. The number of benzene rings is 3. The van der Waals surface area contributed by atoms with Gasteiger partial charge in [-0.15, -0.1) is 0 Å². The molecule has 0 saturated carbocycles. The fourth-order valence-electron chi connectivity index (χ4n) is 3.86. The van der Waals surface area contributed by atoms with E-state index in [1.807, 2.05) is 94.4 Å². The molecule has 0 unspecified atom stereocenters. The fraction of sp³-hybridized carbons (Fsp3) is 0.214. The van der Waals surface area contributed by atoms with Crippen molar-refractivity contribution in [2.24, 2.45) is 0 Å². The summed E-state index contributed by atoms with van der Waals surface area (Å²) >= 11 is 0. The summed E-state index contributed by atoms with van der Waals surface area (Å²) in [5, 5.41) is 3.22. The van der Waals surface area contributed by atoms with Crippen LogP contribution in [-0.2, 0) is 9.59 Å². The number of nitrogens with one attached hydrogen (secondary N) is 1. The monoisotopic (exact) mass is 440 g/mol. The second-order valence-corrected chi connectivity index (χ2v) is 8.28. The van der Waals surface area contributed by atoms with Gasteiger partial charge in [0.25, 0.3) is 11.8 Å². The van der Waals surface area contributed by atoms with Crippen molar-refractivity contribution >= 4 is 28.8 Å². The van der Waals surface area contributed by atoms with Crippen LogP contribution in [0, 0.1) is 20.8 Å². The van der Waals surface area contributed by atoms with Crippen molar-refractivity contribution in [2.45, 2.75) is 34.1 Å². The van der Waals surface area contributed by atoms with E-state index in [1.54, 1.807) is 0 Å². The first-order valence-electron chi connectivity index (χ1n) is 11.2. The molecule has 2 amide bonds. The maximum Gasteiger partial charge on any atom is 0.282 e. The van der Waals surface area contributed by atoms with Crippen LogP contribution in [0.1, 0.15) is 35.6 Å². The first-order valence-corrected chi connectivity index (χ1v) is 11.2. The molecule has 1 heterocycles. The minimum atomic E-state index is -0.371. The molecule has 0 aromatic heterocycles. The molecule has 0 atom stereocenters. The Labute approximate surface area is 194 Å². The third-order valence-corrected chi connectivity index (χ3v) is 5.82. The highest BCUT2D eigenvalue weighted by Gasteiger charge is 2.40. The van der Waals surface area contributed by atoms with Crippen molar-refractivity contribution in [3.63, 3.8) is 0 Å². The zero-order valence-electron chi connectivity index (χ0n) is 19.4. The molecule has 1 aliphatic rings. The molecular weight excluding hydrogens is 412 g/mol. The number of hydrogen-bond acceptors (Lipinski definition) is 4. The molecule has 0 aliphatic carbocycles. The molecule has 3 aromatic rings. The Morgan fingerprint density at radius 1 is 0.879 bits per heavy atom. The van der Waals surface area contributed by atoms with Crippen molar-refractivity contribution in [1.82, 2.24) is 0 Å². The first kappa shape index (κ1) is 22.3. The Morgan fingerprint density at radius 2 is 1.61 bits per heavy atom. The van der Waals surface area contributed by atoms with Gasteiger partial charge in [-0.2, -0.15) is 0 Å². The lowest BCUT2D eigenvalue weighted by molar-refractivity contribution is -0.120. The van der Waals surface area contributed by atoms with Crippen LogP contribution in [0.2, 0.25) is 0 Å². The molecule has 0 spiro atoms. The van der Waals surface area contributed by atoms with Crippen LogP contribution in [-0.4, -0.2) is 18.4 Å². The molecule has 4 rings (SSSR count). The van der Waals surface area contributed by atoms with E-state index in [0.29, 0.717) is 34.9 Å². The molecule has 1 aliphatic heterocycles. The minimum absolute atomic E-state index is 0.261. The van der Waals surface area contributed by atoms with Crippen molar-refractivity contribution in [2.75, 3.05) is 16.8 Å². The third kappa shape index (κ3) is 4.40. The van der Waals surface area contributed by atoms with Crippen molar-refractivity contribution in [3.05, 3.63) is 94.7 Å². The maximum atomic E-state index is 13.7. The molecule has 3 aromatic carbocycles. The Morgan fingerprint density at radius 3 is 2.33 bits per heavy atom. The smallest absolute Gasteiger partial charge is 0.282 e. The van der Waals surface area contributed by atoms with Crippen LogP contribution in [0.25, 0.3) is 5.57 Å². The summed E-state index contributed by atoms with van der Waals surface area (Å²) in [7, 11) is 0. The first-order chi connectivity index (χ1) is 15.9. The average molecular weight is 441 g/mol. The number of rotatable bonds is 7. The normalized spacial score (nSPS) is 13.6. The fourth-order valence-corrected chi connectivity index (χ4v) is 3.86. The van der Waals surface area contributed by atoms with Crippen LogP contribution in [0.15, 0.2) is 72.4 Å². The van der Waals surface area contributed by atoms with Crippen LogP contribution in [0.3, 0.4) is 0 Å². The average Bonchev–Trinajstić information content (AvgIpc) is 3.04. The second kappa shape index (κ2) is 9.33. The van der Waals surface area contributed by atoms with E-state index in [4.69, 9.17) is 4.74 Å². The second-order valence-electron chi connectivity index (χ2n) is 8.28. The summed E-state index contributed by atoms with van der Waals surface area (Å²) in [6, 6.07) is 20.7. The van der Waals surface area contributed by atoms with Gasteiger partial charge >= 0.3 is 0 Å². The summed E-state index contributed by atoms with van der Waals surface area (Å²) in [6.45, 7) is 8.54. The highest BCUT2D eigenvalue weighted by Crippen LogP contribution is 2.36. The Balaban J connectivity index is 1.79. The van der Waals surface area contributed by atoms with Crippen molar-refractivity contribution in [3.8, 4) is 5.75 Å². The number of carbonyl (C=O) groups is 2. The van der Waals surface area contributed by atoms with E-state index in [0.717, 1.165) is 23.1 Å². The Hall–Kier alpha value is -3.86. The quantitative estimate of drug-likeness (QED) is 0.472. The van der Waals surface area contributed by atoms with E-state index in [-0.39, 0.29) is 17.5 Å². The van der Waals surface area contributed by atoms with E-state index in [2.05, 4.69) is 5.32 Å². The Kier molecular flexibility index (Phi) is 6.31. The highest BCUT2D eigenvalue weighted by atomic mass is 16.5. The van der Waals surface area contributed by atoms with Gasteiger partial charge in [-0.05, 0) is 62.1 Å². The van der Waals surface area contributed by atoms with E-state index < -0.39 is 0 Å². The number of amides is 2. The van der Waals surface area contributed by atoms with Crippen LogP contribution in [0.5, 0.6) is 5.75 Å². The number of imide groups is 1. The predicted molar refractivity (Wildman–Crippen MR) is 132 cm³/mol. The van der Waals surface area contributed by atoms with Gasteiger partial charge in [-0.25, -0.2) is 4.90 Å². The van der Waals surface area contributed by atoms with Gasteiger partial charge in [0.05, 0.1) is 17.9 Å². The standard InChI is InChI=1S/C28H28N2O3/c1-5-16-33-23-10-7-9-22(17-23)29-26-25(21-14-12-18(2)13-15-21)27(31)30(28(26)32)24-11-6-8-19(3)20(24)4/h6-15,17,29H,5,16H2,1-4H3. The topological polar surface area (TPSA) is 58.6 Å². The minimum Gasteiger partial charge on any atom is -0.494 e. The third-order valence-electron chi connectivity index (χ3n) is 5.82. The van der Waals surface area contributed by atoms with Gasteiger partial charge in [0.2, 0.25) is 0 Å². The Bertz CT molecular complexity index is 1240. The van der Waals surface area contributed by atoms with Gasteiger partial charge in [0.15, 0.2) is 0 Å². The summed E-state index contributed by atoms with van der Waals surface area (Å²) in [6.07, 6.45) is 0.901. The van der Waals surface area contributed by atoms with E-state index in [1.165, 1.54) is 4.90 Å². The van der Waals surface area contributed by atoms with Gasteiger partial charge in [0, 0.05) is 11.8 Å². The zero-order chi connectivity index (χ0) is 23.5. The lowest BCUT2D eigenvalue weighted by Crippen LogP contribution is -2.33. The van der Waals surface area contributed by atoms with Crippen molar-refractivity contribution in [1.29, 1.82) is 0 Å². The molecule has 1 N–H and O–H groups in total. The van der Waals surface area contributed by atoms with E-state index in [9.17, 15) is 9.59 Å². The van der Waals surface area contributed by atoms with Gasteiger partial charge in [-0.3, -0.25) is 9.59 Å². The largest absolute Gasteiger partial charge is 0.494 e. The number of nitrogens with zero attached hydrogens (tertiary/aromatic N) is 1. The molecule has 168 valence electrons. The molecule has 0 bridgehead atoms. The molecule has 0 radical (unpaired) electrons. The van der Waals surface area contributed by atoms with E-state index >= 15 is 0 Å². The number of hydrogen-bond donors (Lipinski definition) is 1. The van der Waals surface area contributed by atoms with Crippen LogP contribution >= 0.6 is 0 Å². The summed E-state index contributed by atoms with van der Waals surface area (Å²) < 4.78 is 5.73. The summed E-state index contributed by atoms with van der Waals surface area (Å²) in [4.78, 5) is 28.6. The van der Waals surface area contributed by atoms with Gasteiger partial charge < -0.3 is 10.1 Å². The lowest BCUT2D eigenvalue weighted by atomic mass is 10.0. The number of ether oxygens (including phenoxy) is 1. The molecule has 0 fully saturated rings. The summed E-state index contributed by atoms with van der Waals surface area (Å²) in [5.41, 5.74) is 5.62. The van der Waals surface area contributed by atoms with Crippen molar-refractivity contribution < 1.29 is 14.3 Å². The molecule has 5 heteroatoms. The van der Waals surface area contributed by atoms with Crippen LogP contribution in [0.4, 0.5) is 11.4 Å². The lowest BCUT2D eigenvalue weighted by Gasteiger charge is -2.19. The zero-order valence-corrected chi connectivity index (χ0v) is 19.4. The highest BCUT2D eigenvalue weighted by molar-refractivity contribution is 6.46. The maximum absolute atomic E-state index is 13.7.